The highest BCUT2D eigenvalue weighted by molar-refractivity contribution is 5.87. The Morgan fingerprint density at radius 3 is 2.15 bits per heavy atom. The molecule has 1 amide bonds. The number of carbonyl (C=O) groups is 1. The lowest BCUT2D eigenvalue weighted by Gasteiger charge is -2.37. The second-order valence-electron chi connectivity index (χ2n) is 8.82. The molecular weight excluding hydrogens is 426 g/mol. The van der Waals surface area contributed by atoms with E-state index in [4.69, 9.17) is 4.74 Å². The molecule has 0 radical (unpaired) electrons. The Bertz CT molecular complexity index is 998. The van der Waals surface area contributed by atoms with Crippen molar-refractivity contribution >= 4 is 5.91 Å². The van der Waals surface area contributed by atoms with Gasteiger partial charge in [0.2, 0.25) is 5.91 Å². The normalized spacial score (nSPS) is 15.4. The van der Waals surface area contributed by atoms with Gasteiger partial charge in [0.15, 0.2) is 0 Å². The third kappa shape index (κ3) is 6.29. The van der Waals surface area contributed by atoms with Gasteiger partial charge in [0.1, 0.15) is 0 Å². The molecule has 0 aliphatic carbocycles. The SMILES string of the molecule is Cc1cccnc1COCC(O)CN1CCN(C(=O)C(c2ccccc2)c2ccccc2)CC1. The molecule has 0 saturated carbocycles. The standard InChI is InChI=1S/C28H33N3O3/c1-22-9-8-14-29-26(22)21-34-20-25(32)19-30-15-17-31(18-16-30)28(33)27(23-10-4-2-5-11-23)24-12-6-3-7-13-24/h2-14,25,27,32H,15-21H2,1H3. The fourth-order valence-corrected chi connectivity index (χ4v) is 4.41. The number of amides is 1. The number of rotatable bonds is 9. The van der Waals surface area contributed by atoms with Crippen molar-refractivity contribution in [2.45, 2.75) is 25.6 Å². The number of piperazine rings is 1. The lowest BCUT2D eigenvalue weighted by molar-refractivity contribution is -0.133. The highest BCUT2D eigenvalue weighted by Gasteiger charge is 2.30. The Morgan fingerprint density at radius 2 is 1.56 bits per heavy atom. The zero-order valence-electron chi connectivity index (χ0n) is 19.7. The summed E-state index contributed by atoms with van der Waals surface area (Å²) >= 11 is 0. The molecule has 34 heavy (non-hydrogen) atoms. The number of aromatic nitrogens is 1. The van der Waals surface area contributed by atoms with Gasteiger partial charge in [0.05, 0.1) is 30.9 Å². The van der Waals surface area contributed by atoms with Crippen LogP contribution in [0.25, 0.3) is 0 Å². The van der Waals surface area contributed by atoms with Crippen molar-refractivity contribution in [3.05, 3.63) is 101 Å². The first-order chi connectivity index (χ1) is 16.6. The minimum Gasteiger partial charge on any atom is -0.389 e. The van der Waals surface area contributed by atoms with E-state index in [-0.39, 0.29) is 18.4 Å². The van der Waals surface area contributed by atoms with Crippen LogP contribution in [0.15, 0.2) is 79.0 Å². The predicted octanol–water partition coefficient (Wildman–Crippen LogP) is 3.24. The van der Waals surface area contributed by atoms with E-state index in [1.165, 1.54) is 0 Å². The van der Waals surface area contributed by atoms with Crippen LogP contribution >= 0.6 is 0 Å². The summed E-state index contributed by atoms with van der Waals surface area (Å²) in [6.07, 6.45) is 1.18. The number of pyridine rings is 1. The van der Waals surface area contributed by atoms with Crippen LogP contribution in [0.4, 0.5) is 0 Å². The van der Waals surface area contributed by atoms with Crippen molar-refractivity contribution in [1.82, 2.24) is 14.8 Å². The third-order valence-corrected chi connectivity index (χ3v) is 6.33. The number of aliphatic hydroxyl groups is 1. The molecule has 178 valence electrons. The summed E-state index contributed by atoms with van der Waals surface area (Å²) in [6.45, 7) is 5.96. The third-order valence-electron chi connectivity index (χ3n) is 6.33. The van der Waals surface area contributed by atoms with Gasteiger partial charge in [-0.15, -0.1) is 0 Å². The lowest BCUT2D eigenvalue weighted by atomic mass is 9.90. The van der Waals surface area contributed by atoms with Gasteiger partial charge in [-0.05, 0) is 29.7 Å². The molecule has 0 spiro atoms. The van der Waals surface area contributed by atoms with Crippen molar-refractivity contribution in [2.24, 2.45) is 0 Å². The van der Waals surface area contributed by atoms with Crippen molar-refractivity contribution in [2.75, 3.05) is 39.3 Å². The summed E-state index contributed by atoms with van der Waals surface area (Å²) < 4.78 is 5.69. The van der Waals surface area contributed by atoms with Crippen LogP contribution in [-0.4, -0.2) is 71.2 Å². The van der Waals surface area contributed by atoms with Gasteiger partial charge in [0, 0.05) is 38.9 Å². The summed E-state index contributed by atoms with van der Waals surface area (Å²) in [5, 5.41) is 10.4. The number of nitrogens with zero attached hydrogens (tertiary/aromatic N) is 3. The van der Waals surface area contributed by atoms with Gasteiger partial charge >= 0.3 is 0 Å². The number of aryl methyl sites for hydroxylation is 1. The average molecular weight is 460 g/mol. The molecule has 6 nitrogen and oxygen atoms in total. The molecule has 2 aromatic carbocycles. The molecule has 1 aliphatic heterocycles. The molecule has 2 heterocycles. The Hall–Kier alpha value is -3.06. The molecule has 1 aromatic heterocycles. The van der Waals surface area contributed by atoms with E-state index >= 15 is 0 Å². The van der Waals surface area contributed by atoms with Gasteiger partial charge in [-0.2, -0.15) is 0 Å². The van der Waals surface area contributed by atoms with Gasteiger partial charge in [-0.1, -0.05) is 66.7 Å². The van der Waals surface area contributed by atoms with E-state index in [0.29, 0.717) is 26.2 Å². The topological polar surface area (TPSA) is 65.9 Å². The predicted molar refractivity (Wildman–Crippen MR) is 132 cm³/mol. The summed E-state index contributed by atoms with van der Waals surface area (Å²) in [4.78, 5) is 22.0. The van der Waals surface area contributed by atoms with E-state index in [2.05, 4.69) is 9.88 Å². The smallest absolute Gasteiger partial charge is 0.234 e. The zero-order valence-corrected chi connectivity index (χ0v) is 19.7. The Balaban J connectivity index is 1.28. The van der Waals surface area contributed by atoms with Crippen LogP contribution in [0, 0.1) is 6.92 Å². The lowest BCUT2D eigenvalue weighted by Crippen LogP contribution is -2.51. The number of hydrogen-bond acceptors (Lipinski definition) is 5. The Morgan fingerprint density at radius 1 is 0.941 bits per heavy atom. The molecule has 1 aliphatic rings. The molecule has 0 bridgehead atoms. The maximum absolute atomic E-state index is 13.6. The highest BCUT2D eigenvalue weighted by atomic mass is 16.5. The number of carbonyl (C=O) groups excluding carboxylic acids is 1. The molecule has 1 fully saturated rings. The largest absolute Gasteiger partial charge is 0.389 e. The molecule has 4 rings (SSSR count). The van der Waals surface area contributed by atoms with Crippen molar-refractivity contribution in [3.8, 4) is 0 Å². The Kier molecular flexibility index (Phi) is 8.41. The minimum atomic E-state index is -0.576. The molecule has 1 atom stereocenters. The Labute approximate surface area is 201 Å². The van der Waals surface area contributed by atoms with Gasteiger partial charge in [0.25, 0.3) is 0 Å². The summed E-state index contributed by atoms with van der Waals surface area (Å²) in [5.74, 6) is -0.172. The molecular formula is C28H33N3O3. The van der Waals surface area contributed by atoms with Crippen LogP contribution in [0.5, 0.6) is 0 Å². The first-order valence-electron chi connectivity index (χ1n) is 11.9. The highest BCUT2D eigenvalue weighted by Crippen LogP contribution is 2.27. The van der Waals surface area contributed by atoms with Crippen molar-refractivity contribution < 1.29 is 14.6 Å². The van der Waals surface area contributed by atoms with Gasteiger partial charge < -0.3 is 14.7 Å². The van der Waals surface area contributed by atoms with Crippen LogP contribution in [0.2, 0.25) is 0 Å². The quantitative estimate of drug-likeness (QED) is 0.532. The molecule has 1 saturated heterocycles. The molecule has 1 N–H and O–H groups in total. The number of benzene rings is 2. The van der Waals surface area contributed by atoms with Crippen LogP contribution in [0.3, 0.4) is 0 Å². The van der Waals surface area contributed by atoms with E-state index < -0.39 is 6.10 Å². The fourth-order valence-electron chi connectivity index (χ4n) is 4.41. The summed E-state index contributed by atoms with van der Waals surface area (Å²) in [6, 6.07) is 23.9. The van der Waals surface area contributed by atoms with E-state index in [0.717, 1.165) is 35.5 Å². The number of aliphatic hydroxyl groups excluding tert-OH is 1. The molecule has 1 unspecified atom stereocenters. The number of hydrogen-bond donors (Lipinski definition) is 1. The van der Waals surface area contributed by atoms with Gasteiger partial charge in [-0.25, -0.2) is 0 Å². The van der Waals surface area contributed by atoms with Crippen molar-refractivity contribution in [3.63, 3.8) is 0 Å². The maximum atomic E-state index is 13.6. The maximum Gasteiger partial charge on any atom is 0.234 e. The van der Waals surface area contributed by atoms with Crippen LogP contribution < -0.4 is 0 Å². The van der Waals surface area contributed by atoms with E-state index in [1.54, 1.807) is 6.20 Å². The fraction of sp³-hybridized carbons (Fsp3) is 0.357. The van der Waals surface area contributed by atoms with Crippen LogP contribution in [0.1, 0.15) is 28.3 Å². The van der Waals surface area contributed by atoms with Crippen LogP contribution in [-0.2, 0) is 16.1 Å². The van der Waals surface area contributed by atoms with E-state index in [1.807, 2.05) is 84.6 Å². The van der Waals surface area contributed by atoms with E-state index in [9.17, 15) is 9.90 Å². The number of β-amino-alcohol motifs (C(OH)–C–C–N with tert-alkyl or cyclic N) is 1. The number of ether oxygens (including phenoxy) is 1. The van der Waals surface area contributed by atoms with Crippen molar-refractivity contribution in [1.29, 1.82) is 0 Å². The second-order valence-corrected chi connectivity index (χ2v) is 8.82. The first kappa shape index (κ1) is 24.1. The summed E-state index contributed by atoms with van der Waals surface area (Å²) in [5.41, 5.74) is 4.00. The zero-order chi connectivity index (χ0) is 23.8. The monoisotopic (exact) mass is 459 g/mol. The molecule has 3 aromatic rings. The minimum absolute atomic E-state index is 0.131. The summed E-state index contributed by atoms with van der Waals surface area (Å²) in [7, 11) is 0. The second kappa shape index (κ2) is 11.9. The first-order valence-corrected chi connectivity index (χ1v) is 11.9. The molecule has 6 heteroatoms. The van der Waals surface area contributed by atoms with Gasteiger partial charge in [-0.3, -0.25) is 14.7 Å². The average Bonchev–Trinajstić information content (AvgIpc) is 2.87.